The van der Waals surface area contributed by atoms with Crippen molar-refractivity contribution in [1.29, 1.82) is 0 Å². The number of allylic oxidation sites excluding steroid dienone is 1. The smallest absolute Gasteiger partial charge is 0.0721 e. The van der Waals surface area contributed by atoms with E-state index >= 15 is 0 Å². The molecule has 0 fully saturated rings. The summed E-state index contributed by atoms with van der Waals surface area (Å²) in [5, 5.41) is 9.17. The van der Waals surface area contributed by atoms with E-state index in [1.165, 1.54) is 0 Å². The van der Waals surface area contributed by atoms with Crippen molar-refractivity contribution < 1.29 is 5.11 Å². The average Bonchev–Trinajstić information content (AvgIpc) is 1.97. The third kappa shape index (κ3) is 2.10. The highest BCUT2D eigenvalue weighted by Crippen LogP contribution is 2.33. The summed E-state index contributed by atoms with van der Waals surface area (Å²) in [6.07, 6.45) is 11.5. The van der Waals surface area contributed by atoms with Gasteiger partial charge in [-0.05, 0) is 18.3 Å². The van der Waals surface area contributed by atoms with Crippen LogP contribution in [0.15, 0.2) is 12.2 Å². The van der Waals surface area contributed by atoms with Crippen LogP contribution >= 0.6 is 0 Å². The van der Waals surface area contributed by atoms with Gasteiger partial charge in [-0.15, -0.1) is 12.3 Å². The highest BCUT2D eigenvalue weighted by atomic mass is 16.3. The second-order valence-corrected chi connectivity index (χ2v) is 3.50. The van der Waals surface area contributed by atoms with Crippen molar-refractivity contribution in [3.05, 3.63) is 12.2 Å². The van der Waals surface area contributed by atoms with E-state index in [0.717, 1.165) is 19.3 Å². The molecule has 0 aromatic heterocycles. The fourth-order valence-corrected chi connectivity index (χ4v) is 1.38. The van der Waals surface area contributed by atoms with Gasteiger partial charge in [0.05, 0.1) is 6.10 Å². The third-order valence-corrected chi connectivity index (χ3v) is 2.24. The minimum Gasteiger partial charge on any atom is -0.389 e. The lowest BCUT2D eigenvalue weighted by Gasteiger charge is -2.28. The highest BCUT2D eigenvalue weighted by molar-refractivity contribution is 5.09. The molecular weight excluding hydrogens is 136 g/mol. The molecule has 1 N–H and O–H groups in total. The van der Waals surface area contributed by atoms with Gasteiger partial charge in [-0.2, -0.15) is 0 Å². The van der Waals surface area contributed by atoms with Gasteiger partial charge in [-0.3, -0.25) is 0 Å². The van der Waals surface area contributed by atoms with Crippen molar-refractivity contribution >= 4 is 0 Å². The highest BCUT2D eigenvalue weighted by Gasteiger charge is 2.24. The molecule has 2 atom stereocenters. The molecule has 0 spiro atoms. The van der Waals surface area contributed by atoms with Crippen LogP contribution in [0.4, 0.5) is 0 Å². The van der Waals surface area contributed by atoms with Crippen LogP contribution in [-0.2, 0) is 0 Å². The first kappa shape index (κ1) is 8.36. The van der Waals surface area contributed by atoms with Crippen molar-refractivity contribution in [3.8, 4) is 12.3 Å². The molecule has 11 heavy (non-hydrogen) atoms. The van der Waals surface area contributed by atoms with Crippen LogP contribution in [0.3, 0.4) is 0 Å². The first-order valence-corrected chi connectivity index (χ1v) is 3.97. The minimum atomic E-state index is -0.249. The van der Waals surface area contributed by atoms with Crippen molar-refractivity contribution in [2.24, 2.45) is 5.41 Å². The molecule has 0 saturated carbocycles. The lowest BCUT2D eigenvalue weighted by molar-refractivity contribution is 0.176. The van der Waals surface area contributed by atoms with Crippen LogP contribution in [-0.4, -0.2) is 11.2 Å². The number of terminal acetylenes is 1. The monoisotopic (exact) mass is 150 g/mol. The number of aliphatic hydroxyl groups is 1. The quantitative estimate of drug-likeness (QED) is 0.446. The van der Waals surface area contributed by atoms with Crippen LogP contribution in [0.2, 0.25) is 0 Å². The summed E-state index contributed by atoms with van der Waals surface area (Å²) in [7, 11) is 0. The van der Waals surface area contributed by atoms with Crippen molar-refractivity contribution in [2.45, 2.75) is 32.3 Å². The molecule has 1 rings (SSSR count). The number of hydrogen-bond acceptors (Lipinski definition) is 1. The Labute approximate surface area is 68.1 Å². The summed E-state index contributed by atoms with van der Waals surface area (Å²) in [6, 6.07) is 0. The van der Waals surface area contributed by atoms with Gasteiger partial charge < -0.3 is 5.11 Å². The van der Waals surface area contributed by atoms with Crippen LogP contribution in [0, 0.1) is 17.8 Å². The van der Waals surface area contributed by atoms with Crippen LogP contribution in [0.5, 0.6) is 0 Å². The summed E-state index contributed by atoms with van der Waals surface area (Å²) < 4.78 is 0. The van der Waals surface area contributed by atoms with Gasteiger partial charge in [-0.25, -0.2) is 0 Å². The van der Waals surface area contributed by atoms with Gasteiger partial charge in [0.1, 0.15) is 0 Å². The molecule has 0 unspecified atom stereocenters. The van der Waals surface area contributed by atoms with Crippen molar-refractivity contribution in [3.63, 3.8) is 0 Å². The lowest BCUT2D eigenvalue weighted by Crippen LogP contribution is -2.21. The third-order valence-electron chi connectivity index (χ3n) is 2.24. The van der Waals surface area contributed by atoms with E-state index in [-0.39, 0.29) is 11.5 Å². The topological polar surface area (TPSA) is 20.2 Å². The summed E-state index contributed by atoms with van der Waals surface area (Å²) in [4.78, 5) is 0. The van der Waals surface area contributed by atoms with E-state index in [0.29, 0.717) is 0 Å². The predicted octanol–water partition coefficient (Wildman–Crippen LogP) is 1.73. The maximum Gasteiger partial charge on any atom is 0.0721 e. The molecule has 0 aliphatic heterocycles. The van der Waals surface area contributed by atoms with Gasteiger partial charge in [-0.1, -0.05) is 19.1 Å². The lowest BCUT2D eigenvalue weighted by atomic mass is 9.78. The Balaban J connectivity index is 2.61. The molecule has 1 heteroatoms. The molecule has 1 aliphatic rings. The van der Waals surface area contributed by atoms with Gasteiger partial charge in [0, 0.05) is 6.42 Å². The van der Waals surface area contributed by atoms with E-state index in [2.05, 4.69) is 12.8 Å². The van der Waals surface area contributed by atoms with Gasteiger partial charge in [0.2, 0.25) is 0 Å². The van der Waals surface area contributed by atoms with E-state index in [4.69, 9.17) is 6.42 Å². The standard InChI is InChI=1S/C10H14O/c1-3-6-10(2)7-4-9(11)5-8-10/h1,4,7,9,11H,5-6,8H2,2H3/t9-,10-/m0/s1. The SMILES string of the molecule is C#CC[C@@]1(C)C=C[C@H](O)CC1. The largest absolute Gasteiger partial charge is 0.389 e. The molecule has 0 aromatic rings. The first-order valence-electron chi connectivity index (χ1n) is 3.97. The Bertz CT molecular complexity index is 199. The number of rotatable bonds is 1. The maximum atomic E-state index is 9.17. The van der Waals surface area contributed by atoms with E-state index in [1.807, 2.05) is 12.2 Å². The Morgan fingerprint density at radius 2 is 2.55 bits per heavy atom. The molecule has 1 aliphatic carbocycles. The molecule has 0 aromatic carbocycles. The normalized spacial score (nSPS) is 36.6. The number of hydrogen-bond donors (Lipinski definition) is 1. The molecule has 0 amide bonds. The van der Waals surface area contributed by atoms with E-state index in [9.17, 15) is 5.11 Å². The first-order chi connectivity index (χ1) is 5.16. The number of aliphatic hydroxyl groups excluding tert-OH is 1. The molecule has 0 radical (unpaired) electrons. The summed E-state index contributed by atoms with van der Waals surface area (Å²) in [6.45, 7) is 2.13. The zero-order valence-electron chi connectivity index (χ0n) is 6.88. The molecule has 0 bridgehead atoms. The summed E-state index contributed by atoms with van der Waals surface area (Å²) in [5.74, 6) is 2.66. The Kier molecular flexibility index (Phi) is 2.36. The van der Waals surface area contributed by atoms with Crippen molar-refractivity contribution in [1.82, 2.24) is 0 Å². The minimum absolute atomic E-state index is 0.133. The maximum absolute atomic E-state index is 9.17. The molecule has 0 saturated heterocycles. The summed E-state index contributed by atoms with van der Waals surface area (Å²) >= 11 is 0. The molecular formula is C10H14O. The Hall–Kier alpha value is -0.740. The second-order valence-electron chi connectivity index (χ2n) is 3.50. The van der Waals surface area contributed by atoms with Gasteiger partial charge in [0.15, 0.2) is 0 Å². The Morgan fingerprint density at radius 1 is 1.82 bits per heavy atom. The summed E-state index contributed by atoms with van der Waals surface area (Å²) in [5.41, 5.74) is 0.133. The Morgan fingerprint density at radius 3 is 3.00 bits per heavy atom. The van der Waals surface area contributed by atoms with Gasteiger partial charge >= 0.3 is 0 Å². The fourth-order valence-electron chi connectivity index (χ4n) is 1.38. The predicted molar refractivity (Wildman–Crippen MR) is 45.9 cm³/mol. The zero-order valence-corrected chi connectivity index (χ0v) is 6.88. The second kappa shape index (κ2) is 3.11. The molecule has 60 valence electrons. The van der Waals surface area contributed by atoms with E-state index in [1.54, 1.807) is 0 Å². The zero-order chi connectivity index (χ0) is 8.32. The van der Waals surface area contributed by atoms with Crippen LogP contribution in [0.1, 0.15) is 26.2 Å². The van der Waals surface area contributed by atoms with E-state index < -0.39 is 0 Å². The van der Waals surface area contributed by atoms with Crippen molar-refractivity contribution in [2.75, 3.05) is 0 Å². The van der Waals surface area contributed by atoms with Crippen LogP contribution < -0.4 is 0 Å². The van der Waals surface area contributed by atoms with Gasteiger partial charge in [0.25, 0.3) is 0 Å². The molecule has 1 nitrogen and oxygen atoms in total. The van der Waals surface area contributed by atoms with Crippen LogP contribution in [0.25, 0.3) is 0 Å². The average molecular weight is 150 g/mol. The fraction of sp³-hybridized carbons (Fsp3) is 0.600. The molecule has 0 heterocycles.